The Morgan fingerprint density at radius 2 is 0.771 bits per heavy atom. The molecule has 10 heteroatoms. The molecule has 9 nitrogen and oxygen atoms in total. The van der Waals surface area contributed by atoms with Gasteiger partial charge in [-0.05, 0) is 83.1 Å². The molecule has 0 aromatic heterocycles. The SMILES string of the molecule is CC/C=C\C/C=C\C/C=C\C/C=C\C/C=C\C/C=C\CCCCCCCCC(=O)OC(/C=C/CCCCCCCCCCCCC)C(COP(=O)(O)OCC[N+](C)(C)C)NC(=O)CCCCCCCCCCCCCCCCCCCCC. The monoisotopic (exact) mass is 1180 g/mol. The van der Waals surface area contributed by atoms with E-state index < -0.39 is 20.0 Å². The van der Waals surface area contributed by atoms with Gasteiger partial charge in [-0.1, -0.05) is 305 Å². The maximum atomic E-state index is 13.6. The van der Waals surface area contributed by atoms with Crippen molar-refractivity contribution in [2.24, 2.45) is 0 Å². The van der Waals surface area contributed by atoms with Gasteiger partial charge < -0.3 is 19.4 Å². The Morgan fingerprint density at radius 1 is 0.434 bits per heavy atom. The predicted molar refractivity (Wildman–Crippen MR) is 360 cm³/mol. The molecule has 0 rings (SSSR count). The number of unbranched alkanes of at least 4 members (excludes halogenated alkanes) is 35. The highest BCUT2D eigenvalue weighted by molar-refractivity contribution is 7.47. The number of esters is 1. The van der Waals surface area contributed by atoms with Crippen LogP contribution in [0.3, 0.4) is 0 Å². The number of carbonyl (C=O) groups excluding carboxylic acids is 2. The van der Waals surface area contributed by atoms with Gasteiger partial charge in [0.25, 0.3) is 0 Å². The van der Waals surface area contributed by atoms with E-state index in [0.717, 1.165) is 122 Å². The van der Waals surface area contributed by atoms with Crippen molar-refractivity contribution in [2.45, 2.75) is 328 Å². The number of likely N-dealkylation sites (N-methyl/N-ethyl adjacent to an activating group) is 1. The molecule has 0 bridgehead atoms. The number of phosphoric acid groups is 1. The summed E-state index contributed by atoms with van der Waals surface area (Å²) in [6.07, 6.45) is 83.0. The van der Waals surface area contributed by atoms with Crippen LogP contribution in [0.5, 0.6) is 0 Å². The Balaban J connectivity index is 5.17. The van der Waals surface area contributed by atoms with Crippen LogP contribution in [0.1, 0.15) is 316 Å². The summed E-state index contributed by atoms with van der Waals surface area (Å²) < 4.78 is 30.8. The number of allylic oxidation sites excluding steroid dienone is 13. The Hall–Kier alpha value is -2.81. The van der Waals surface area contributed by atoms with Gasteiger partial charge in [0.05, 0.1) is 33.8 Å². The second-order valence-corrected chi connectivity index (χ2v) is 26.1. The summed E-state index contributed by atoms with van der Waals surface area (Å²) in [6.45, 7) is 6.93. The minimum absolute atomic E-state index is 0.0362. The van der Waals surface area contributed by atoms with E-state index in [-0.39, 0.29) is 31.5 Å². The summed E-state index contributed by atoms with van der Waals surface area (Å²) in [4.78, 5) is 37.9. The third-order valence-electron chi connectivity index (χ3n) is 15.3. The summed E-state index contributed by atoms with van der Waals surface area (Å²) in [7, 11) is 1.49. The molecule has 0 aromatic rings. The average Bonchev–Trinajstić information content (AvgIpc) is 3.46. The number of nitrogens with zero attached hydrogens (tertiary/aromatic N) is 1. The van der Waals surface area contributed by atoms with Gasteiger partial charge >= 0.3 is 13.8 Å². The van der Waals surface area contributed by atoms with E-state index in [2.05, 4.69) is 99.0 Å². The van der Waals surface area contributed by atoms with Crippen molar-refractivity contribution < 1.29 is 37.3 Å². The lowest BCUT2D eigenvalue weighted by Gasteiger charge is -2.27. The first-order chi connectivity index (χ1) is 40.4. The fraction of sp³-hybridized carbons (Fsp3) is 0.781. The van der Waals surface area contributed by atoms with Gasteiger partial charge in [0.2, 0.25) is 5.91 Å². The molecule has 3 unspecified atom stereocenters. The van der Waals surface area contributed by atoms with E-state index in [0.29, 0.717) is 17.4 Å². The molecule has 1 amide bonds. The Labute approximate surface area is 514 Å². The molecule has 0 spiro atoms. The molecular weight excluding hydrogens is 1050 g/mol. The summed E-state index contributed by atoms with van der Waals surface area (Å²) in [5.41, 5.74) is 0. The number of rotatable bonds is 63. The summed E-state index contributed by atoms with van der Waals surface area (Å²) >= 11 is 0. The first-order valence-corrected chi connectivity index (χ1v) is 36.4. The van der Waals surface area contributed by atoms with Gasteiger partial charge in [-0.15, -0.1) is 0 Å². The van der Waals surface area contributed by atoms with Gasteiger partial charge in [0.15, 0.2) is 0 Å². The smallest absolute Gasteiger partial charge is 0.456 e. The molecule has 0 heterocycles. The molecule has 3 atom stereocenters. The van der Waals surface area contributed by atoms with Crippen molar-refractivity contribution in [1.29, 1.82) is 0 Å². The Bertz CT molecular complexity index is 1700. The highest BCUT2D eigenvalue weighted by atomic mass is 31.2. The molecule has 482 valence electrons. The number of quaternary nitrogens is 1. The second kappa shape index (κ2) is 62.2. The quantitative estimate of drug-likeness (QED) is 0.0205. The molecule has 0 aliphatic heterocycles. The number of amides is 1. The van der Waals surface area contributed by atoms with Crippen LogP contribution in [0.15, 0.2) is 85.1 Å². The molecule has 0 aromatic carbocycles. The molecule has 0 fully saturated rings. The van der Waals surface area contributed by atoms with Crippen molar-refractivity contribution in [2.75, 3.05) is 40.9 Å². The molecule has 2 N–H and O–H groups in total. The van der Waals surface area contributed by atoms with Crippen molar-refractivity contribution in [1.82, 2.24) is 5.32 Å². The minimum atomic E-state index is -4.46. The highest BCUT2D eigenvalue weighted by Gasteiger charge is 2.30. The molecule has 0 aliphatic rings. The van der Waals surface area contributed by atoms with Crippen molar-refractivity contribution in [3.8, 4) is 0 Å². The van der Waals surface area contributed by atoms with E-state index in [1.54, 1.807) is 0 Å². The normalized spacial score (nSPS) is 14.1. The first-order valence-electron chi connectivity index (χ1n) is 34.9. The van der Waals surface area contributed by atoms with Crippen LogP contribution in [0.25, 0.3) is 0 Å². The van der Waals surface area contributed by atoms with Crippen LogP contribution >= 0.6 is 7.82 Å². The molecule has 0 aliphatic carbocycles. The van der Waals surface area contributed by atoms with E-state index in [4.69, 9.17) is 13.8 Å². The Morgan fingerprint density at radius 3 is 1.16 bits per heavy atom. The number of nitrogens with one attached hydrogen (secondary N) is 1. The van der Waals surface area contributed by atoms with E-state index in [9.17, 15) is 19.0 Å². The molecular formula is C73H134N2O7P+. The van der Waals surface area contributed by atoms with Crippen LogP contribution in [0, 0.1) is 0 Å². The van der Waals surface area contributed by atoms with Gasteiger partial charge in [-0.2, -0.15) is 0 Å². The number of hydrogen-bond acceptors (Lipinski definition) is 6. The zero-order valence-corrected chi connectivity index (χ0v) is 56.1. The van der Waals surface area contributed by atoms with Gasteiger partial charge in [0, 0.05) is 12.8 Å². The van der Waals surface area contributed by atoms with Crippen LogP contribution in [-0.2, 0) is 27.9 Å². The topological polar surface area (TPSA) is 111 Å². The lowest BCUT2D eigenvalue weighted by atomic mass is 10.0. The third-order valence-corrected chi connectivity index (χ3v) is 16.3. The fourth-order valence-corrected chi connectivity index (χ4v) is 10.7. The lowest BCUT2D eigenvalue weighted by molar-refractivity contribution is -0.870. The number of ether oxygens (including phenoxy) is 1. The Kier molecular flexibility index (Phi) is 60.1. The highest BCUT2D eigenvalue weighted by Crippen LogP contribution is 2.43. The number of carbonyl (C=O) groups is 2. The fourth-order valence-electron chi connectivity index (χ4n) is 10.0. The zero-order valence-electron chi connectivity index (χ0n) is 55.2. The molecule has 0 saturated carbocycles. The number of phosphoric ester groups is 1. The summed E-state index contributed by atoms with van der Waals surface area (Å²) in [6, 6.07) is -0.857. The number of hydrogen-bond donors (Lipinski definition) is 2. The van der Waals surface area contributed by atoms with Crippen molar-refractivity contribution in [3.63, 3.8) is 0 Å². The van der Waals surface area contributed by atoms with Gasteiger partial charge in [0.1, 0.15) is 19.3 Å². The van der Waals surface area contributed by atoms with Crippen molar-refractivity contribution >= 4 is 19.7 Å². The first kappa shape index (κ1) is 80.2. The summed E-state index contributed by atoms with van der Waals surface area (Å²) in [5, 5.41) is 3.07. The summed E-state index contributed by atoms with van der Waals surface area (Å²) in [5.74, 6) is -0.513. The van der Waals surface area contributed by atoms with E-state index >= 15 is 0 Å². The molecule has 83 heavy (non-hydrogen) atoms. The van der Waals surface area contributed by atoms with Crippen LogP contribution in [0.2, 0.25) is 0 Å². The predicted octanol–water partition coefficient (Wildman–Crippen LogP) is 22.1. The maximum Gasteiger partial charge on any atom is 0.472 e. The standard InChI is InChI=1S/C73H133N2O7P/c1-7-10-13-16-19-22-25-28-30-32-34-35-36-37-38-39-41-43-45-48-51-54-57-60-63-66-73(77)82-71(64-61-58-55-52-49-46-27-24-21-18-15-12-9-3)70(69-81-83(78,79)80-68-67-75(4,5)6)74-72(76)65-62-59-56-53-50-47-44-42-40-33-31-29-26-23-20-17-14-11-8-2/h10,13,19,22,28,30,34-35,37-38,41,43,61,64,70-71H,7-9,11-12,14-18,20-21,23-27,29,31-33,36,39-40,42,44-60,62-63,65-69H2,1-6H3,(H-,74,76,78,79)/p+1/b13-10-,22-19-,30-28-,35-34-,38-37-,43-41-,64-61+. The second-order valence-electron chi connectivity index (χ2n) is 24.7. The largest absolute Gasteiger partial charge is 0.472 e. The zero-order chi connectivity index (χ0) is 60.7. The third kappa shape index (κ3) is 63.5. The van der Waals surface area contributed by atoms with E-state index in [1.807, 2.05) is 33.3 Å². The lowest BCUT2D eigenvalue weighted by Crippen LogP contribution is -2.47. The van der Waals surface area contributed by atoms with E-state index in [1.165, 1.54) is 161 Å². The molecule has 0 saturated heterocycles. The van der Waals surface area contributed by atoms with Crippen LogP contribution < -0.4 is 5.32 Å². The van der Waals surface area contributed by atoms with Crippen molar-refractivity contribution in [3.05, 3.63) is 85.1 Å². The molecule has 0 radical (unpaired) electrons. The van der Waals surface area contributed by atoms with Crippen LogP contribution in [-0.4, -0.2) is 74.3 Å². The average molecular weight is 1180 g/mol. The van der Waals surface area contributed by atoms with Gasteiger partial charge in [-0.25, -0.2) is 4.57 Å². The van der Waals surface area contributed by atoms with Gasteiger partial charge in [-0.3, -0.25) is 18.6 Å². The van der Waals surface area contributed by atoms with Crippen LogP contribution in [0.4, 0.5) is 0 Å². The maximum absolute atomic E-state index is 13.6. The minimum Gasteiger partial charge on any atom is -0.456 e.